The van der Waals surface area contributed by atoms with Gasteiger partial charge in [0, 0.05) is 22.3 Å². The Hall–Kier alpha value is -2.26. The molecule has 2 amide bonds. The first kappa shape index (κ1) is 25.4. The Kier molecular flexibility index (Phi) is 8.64. The van der Waals surface area contributed by atoms with Gasteiger partial charge in [-0.1, -0.05) is 46.6 Å². The van der Waals surface area contributed by atoms with Gasteiger partial charge < -0.3 is 15.2 Å². The van der Waals surface area contributed by atoms with Gasteiger partial charge in [0.25, 0.3) is 5.91 Å². The van der Waals surface area contributed by atoms with Crippen molar-refractivity contribution >= 4 is 64.1 Å². The number of hydrogen-bond donors (Lipinski definition) is 2. The summed E-state index contributed by atoms with van der Waals surface area (Å²) in [6.45, 7) is 6.20. The summed E-state index contributed by atoms with van der Waals surface area (Å²) < 4.78 is 1.86. The van der Waals surface area contributed by atoms with E-state index in [4.69, 9.17) is 34.8 Å². The third kappa shape index (κ3) is 6.41. The van der Waals surface area contributed by atoms with Crippen LogP contribution in [-0.2, 0) is 11.3 Å². The minimum atomic E-state index is -0.434. The normalized spacial score (nSPS) is 11.8. The molecule has 11 heteroatoms. The van der Waals surface area contributed by atoms with Gasteiger partial charge >= 0.3 is 0 Å². The quantitative estimate of drug-likeness (QED) is 0.363. The minimum absolute atomic E-state index is 0.154. The number of benzene rings is 2. The van der Waals surface area contributed by atoms with Crippen LogP contribution in [0.4, 0.5) is 5.69 Å². The predicted octanol–water partition coefficient (Wildman–Crippen LogP) is 5.79. The number of carbonyl (C=O) groups excluding carboxylic acids is 2. The van der Waals surface area contributed by atoms with Gasteiger partial charge in [-0.3, -0.25) is 9.59 Å². The second-order valence-corrected chi connectivity index (χ2v) is 9.42. The number of aryl methyl sites for hydroxylation is 1. The second kappa shape index (κ2) is 11.2. The molecule has 0 unspecified atom stereocenters. The first-order valence-electron chi connectivity index (χ1n) is 10.1. The third-order valence-corrected chi connectivity index (χ3v) is 6.52. The van der Waals surface area contributed by atoms with Gasteiger partial charge in [-0.15, -0.1) is 10.2 Å². The Bertz CT molecular complexity index is 1180. The highest BCUT2D eigenvalue weighted by molar-refractivity contribution is 7.99. The zero-order valence-electron chi connectivity index (χ0n) is 18.2. The molecule has 1 heterocycles. The van der Waals surface area contributed by atoms with E-state index < -0.39 is 6.04 Å². The van der Waals surface area contributed by atoms with Gasteiger partial charge in [-0.2, -0.15) is 0 Å². The topological polar surface area (TPSA) is 88.9 Å². The summed E-state index contributed by atoms with van der Waals surface area (Å²) in [4.78, 5) is 25.1. The van der Waals surface area contributed by atoms with Crippen LogP contribution in [0.5, 0.6) is 0 Å². The zero-order valence-corrected chi connectivity index (χ0v) is 21.2. The van der Waals surface area contributed by atoms with E-state index in [1.54, 1.807) is 30.3 Å². The van der Waals surface area contributed by atoms with Gasteiger partial charge in [-0.25, -0.2) is 0 Å². The number of thioether (sulfide) groups is 1. The molecule has 7 nitrogen and oxygen atoms in total. The van der Waals surface area contributed by atoms with Gasteiger partial charge in [-0.05, 0) is 62.7 Å². The summed E-state index contributed by atoms with van der Waals surface area (Å²) in [7, 11) is 0. The lowest BCUT2D eigenvalue weighted by atomic mass is 10.2. The molecule has 0 fully saturated rings. The molecule has 0 saturated heterocycles. The number of hydrogen-bond acceptors (Lipinski definition) is 5. The van der Waals surface area contributed by atoms with Crippen LogP contribution < -0.4 is 10.6 Å². The van der Waals surface area contributed by atoms with E-state index in [1.807, 2.05) is 25.3 Å². The molecule has 1 atom stereocenters. The van der Waals surface area contributed by atoms with Crippen LogP contribution in [0.2, 0.25) is 15.1 Å². The summed E-state index contributed by atoms with van der Waals surface area (Å²) in [6.07, 6.45) is 0. The molecule has 0 aliphatic carbocycles. The van der Waals surface area contributed by atoms with Crippen LogP contribution in [0.1, 0.15) is 41.6 Å². The average molecular weight is 527 g/mol. The number of amides is 2. The first-order chi connectivity index (χ1) is 15.7. The predicted molar refractivity (Wildman–Crippen MR) is 134 cm³/mol. The van der Waals surface area contributed by atoms with Crippen molar-refractivity contribution in [3.63, 3.8) is 0 Å². The van der Waals surface area contributed by atoms with Crippen molar-refractivity contribution in [2.75, 3.05) is 11.1 Å². The van der Waals surface area contributed by atoms with Gasteiger partial charge in [0.1, 0.15) is 0 Å². The SMILES string of the molecule is CCn1c(SCC(=O)Nc2ccc(Cl)cc2C)nnc1[C@@H](C)NC(=O)c1ccc(Cl)cc1Cl. The molecule has 0 aliphatic heterocycles. The highest BCUT2D eigenvalue weighted by atomic mass is 35.5. The van der Waals surface area contributed by atoms with Crippen molar-refractivity contribution in [2.45, 2.75) is 38.5 Å². The third-order valence-electron chi connectivity index (χ3n) is 4.77. The molecule has 0 spiro atoms. The van der Waals surface area contributed by atoms with Gasteiger partial charge in [0.2, 0.25) is 5.91 Å². The Morgan fingerprint density at radius 1 is 1.09 bits per heavy atom. The molecular formula is C22H22Cl3N5O2S. The summed E-state index contributed by atoms with van der Waals surface area (Å²) in [6, 6.07) is 9.54. The first-order valence-corrected chi connectivity index (χ1v) is 12.2. The summed E-state index contributed by atoms with van der Waals surface area (Å²) in [5.41, 5.74) is 1.91. The van der Waals surface area contributed by atoms with E-state index in [1.165, 1.54) is 17.8 Å². The van der Waals surface area contributed by atoms with E-state index in [2.05, 4.69) is 20.8 Å². The van der Waals surface area contributed by atoms with Crippen LogP contribution in [0.25, 0.3) is 0 Å². The Balaban J connectivity index is 1.65. The highest BCUT2D eigenvalue weighted by Crippen LogP contribution is 2.24. The fourth-order valence-electron chi connectivity index (χ4n) is 3.12. The Morgan fingerprint density at radius 3 is 2.45 bits per heavy atom. The number of anilines is 1. The second-order valence-electron chi connectivity index (χ2n) is 7.20. The van der Waals surface area contributed by atoms with E-state index in [0.29, 0.717) is 38.8 Å². The summed E-state index contributed by atoms with van der Waals surface area (Å²) in [5.74, 6) is 0.215. The highest BCUT2D eigenvalue weighted by Gasteiger charge is 2.21. The number of carbonyl (C=O) groups is 2. The molecule has 2 N–H and O–H groups in total. The molecule has 3 rings (SSSR count). The van der Waals surface area contributed by atoms with Crippen LogP contribution >= 0.6 is 46.6 Å². The number of nitrogens with one attached hydrogen (secondary N) is 2. The molecule has 1 aromatic heterocycles. The minimum Gasteiger partial charge on any atom is -0.342 e. The zero-order chi connectivity index (χ0) is 24.1. The van der Waals surface area contributed by atoms with E-state index >= 15 is 0 Å². The molecule has 33 heavy (non-hydrogen) atoms. The van der Waals surface area contributed by atoms with Crippen molar-refractivity contribution in [1.82, 2.24) is 20.1 Å². The van der Waals surface area contributed by atoms with Crippen molar-refractivity contribution in [1.29, 1.82) is 0 Å². The maximum atomic E-state index is 12.6. The average Bonchev–Trinajstić information content (AvgIpc) is 3.17. The number of aromatic nitrogens is 3. The van der Waals surface area contributed by atoms with Crippen LogP contribution in [0, 0.1) is 6.92 Å². The molecule has 3 aromatic rings. The standard InChI is InChI=1S/C22H22Cl3N5O2S/c1-4-30-20(13(3)26-21(32)16-7-5-15(24)10-17(16)25)28-29-22(30)33-11-19(31)27-18-8-6-14(23)9-12(18)2/h5-10,13H,4,11H2,1-3H3,(H,26,32)(H,27,31)/t13-/m1/s1. The van der Waals surface area contributed by atoms with Gasteiger partial charge in [0.05, 0.1) is 22.4 Å². The Labute approximate surface area is 211 Å². The van der Waals surface area contributed by atoms with Crippen molar-refractivity contribution in [3.05, 3.63) is 68.4 Å². The molecule has 2 aromatic carbocycles. The van der Waals surface area contributed by atoms with Gasteiger partial charge in [0.15, 0.2) is 11.0 Å². The Morgan fingerprint density at radius 2 is 1.79 bits per heavy atom. The molecular weight excluding hydrogens is 505 g/mol. The smallest absolute Gasteiger partial charge is 0.253 e. The monoisotopic (exact) mass is 525 g/mol. The molecule has 0 bridgehead atoms. The van der Waals surface area contributed by atoms with Crippen molar-refractivity contribution < 1.29 is 9.59 Å². The van der Waals surface area contributed by atoms with Crippen molar-refractivity contribution in [3.8, 4) is 0 Å². The maximum Gasteiger partial charge on any atom is 0.253 e. The molecule has 0 radical (unpaired) electrons. The van der Waals surface area contributed by atoms with Crippen LogP contribution in [0.15, 0.2) is 41.6 Å². The van der Waals surface area contributed by atoms with E-state index in [-0.39, 0.29) is 22.6 Å². The summed E-state index contributed by atoms with van der Waals surface area (Å²) in [5, 5.41) is 16.1. The summed E-state index contributed by atoms with van der Waals surface area (Å²) >= 11 is 19.3. The fourth-order valence-corrected chi connectivity index (χ4v) is 4.65. The maximum absolute atomic E-state index is 12.6. The van der Waals surface area contributed by atoms with E-state index in [9.17, 15) is 9.59 Å². The lowest BCUT2D eigenvalue weighted by molar-refractivity contribution is -0.113. The van der Waals surface area contributed by atoms with Crippen LogP contribution in [0.3, 0.4) is 0 Å². The largest absolute Gasteiger partial charge is 0.342 e. The number of halogens is 3. The molecule has 0 aliphatic rings. The molecule has 174 valence electrons. The lowest BCUT2D eigenvalue weighted by Crippen LogP contribution is -2.29. The molecule has 0 saturated carbocycles. The fraction of sp³-hybridized carbons (Fsp3) is 0.273. The van der Waals surface area contributed by atoms with Crippen molar-refractivity contribution in [2.24, 2.45) is 0 Å². The van der Waals surface area contributed by atoms with Crippen LogP contribution in [-0.4, -0.2) is 32.3 Å². The lowest BCUT2D eigenvalue weighted by Gasteiger charge is -2.15. The van der Waals surface area contributed by atoms with E-state index in [0.717, 1.165) is 5.56 Å². The number of rotatable bonds is 8. The number of nitrogens with zero attached hydrogens (tertiary/aromatic N) is 3.